The van der Waals surface area contributed by atoms with Crippen molar-refractivity contribution in [3.8, 4) is 17.1 Å². The number of aromatic nitrogens is 3. The maximum Gasteiger partial charge on any atom is 0.270 e. The van der Waals surface area contributed by atoms with E-state index < -0.39 is 4.92 Å². The summed E-state index contributed by atoms with van der Waals surface area (Å²) in [5, 5.41) is 23.1. The minimum Gasteiger partial charge on any atom is -0.494 e. The van der Waals surface area contributed by atoms with Crippen LogP contribution in [0.5, 0.6) is 5.88 Å². The van der Waals surface area contributed by atoms with Crippen LogP contribution in [0, 0.1) is 17.0 Å². The van der Waals surface area contributed by atoms with Crippen molar-refractivity contribution in [2.24, 2.45) is 4.99 Å². The maximum atomic E-state index is 11.5. The Labute approximate surface area is 237 Å². The zero-order valence-electron chi connectivity index (χ0n) is 22.9. The smallest absolute Gasteiger partial charge is 0.270 e. The number of benzene rings is 3. The normalized spacial score (nSPS) is 14.2. The maximum absolute atomic E-state index is 11.5. The van der Waals surface area contributed by atoms with Gasteiger partial charge in [0.1, 0.15) is 5.82 Å². The van der Waals surface area contributed by atoms with Crippen LogP contribution in [-0.4, -0.2) is 55.2 Å². The van der Waals surface area contributed by atoms with E-state index in [1.54, 1.807) is 12.3 Å². The van der Waals surface area contributed by atoms with Crippen LogP contribution in [0.1, 0.15) is 41.8 Å². The first kappa shape index (κ1) is 26.5. The molecule has 1 saturated heterocycles. The number of non-ortho nitro benzene ring substituents is 1. The molecule has 9 nitrogen and oxygen atoms in total. The Balaban J connectivity index is 1.36. The average molecular weight is 549 g/mol. The monoisotopic (exact) mass is 548 g/mol. The van der Waals surface area contributed by atoms with Crippen molar-refractivity contribution in [1.82, 2.24) is 19.9 Å². The Morgan fingerprint density at radius 3 is 2.49 bits per heavy atom. The van der Waals surface area contributed by atoms with Crippen LogP contribution in [-0.2, 0) is 6.42 Å². The van der Waals surface area contributed by atoms with Gasteiger partial charge >= 0.3 is 0 Å². The van der Waals surface area contributed by atoms with E-state index in [0.29, 0.717) is 27.9 Å². The largest absolute Gasteiger partial charge is 0.494 e. The van der Waals surface area contributed by atoms with Crippen LogP contribution >= 0.6 is 0 Å². The van der Waals surface area contributed by atoms with E-state index in [2.05, 4.69) is 32.0 Å². The van der Waals surface area contributed by atoms with Gasteiger partial charge in [0.2, 0.25) is 0 Å². The summed E-state index contributed by atoms with van der Waals surface area (Å²) >= 11 is 0. The Kier molecular flexibility index (Phi) is 7.35. The van der Waals surface area contributed by atoms with Gasteiger partial charge in [0, 0.05) is 28.6 Å². The Morgan fingerprint density at radius 2 is 1.80 bits per heavy atom. The number of aromatic amines is 2. The highest BCUT2D eigenvalue weighted by atomic mass is 16.6. The van der Waals surface area contributed by atoms with Gasteiger partial charge in [-0.15, -0.1) is 0 Å². The van der Waals surface area contributed by atoms with Crippen LogP contribution < -0.4 is 0 Å². The number of nitro benzene ring substituents is 1. The van der Waals surface area contributed by atoms with Gasteiger partial charge in [0.25, 0.3) is 5.69 Å². The summed E-state index contributed by atoms with van der Waals surface area (Å²) in [6.45, 7) is 5.43. The van der Waals surface area contributed by atoms with Crippen molar-refractivity contribution < 1.29 is 10.0 Å². The molecule has 0 amide bonds. The molecule has 0 aliphatic carbocycles. The average Bonchev–Trinajstić information content (AvgIpc) is 3.72. The van der Waals surface area contributed by atoms with Gasteiger partial charge < -0.3 is 20.0 Å². The first-order valence-corrected chi connectivity index (χ1v) is 14.0. The van der Waals surface area contributed by atoms with Crippen LogP contribution in [0.15, 0.2) is 77.9 Å². The number of fused-ring (bicyclic) bond motifs is 1. The molecule has 3 heterocycles. The minimum atomic E-state index is -0.434. The third-order valence-electron chi connectivity index (χ3n) is 7.70. The Hall–Kier alpha value is -4.76. The number of aliphatic imine (C=N–C) groups is 1. The zero-order chi connectivity index (χ0) is 28.3. The van der Waals surface area contributed by atoms with E-state index >= 15 is 0 Å². The molecule has 0 radical (unpaired) electrons. The van der Waals surface area contributed by atoms with E-state index in [4.69, 9.17) is 4.99 Å². The number of hydrogen-bond acceptors (Lipinski definition) is 6. The lowest BCUT2D eigenvalue weighted by Crippen LogP contribution is -2.20. The number of imidazole rings is 1. The van der Waals surface area contributed by atoms with E-state index in [1.807, 2.05) is 43.3 Å². The van der Waals surface area contributed by atoms with Crippen molar-refractivity contribution in [3.05, 3.63) is 106 Å². The lowest BCUT2D eigenvalue weighted by atomic mass is 9.98. The van der Waals surface area contributed by atoms with Crippen molar-refractivity contribution in [3.63, 3.8) is 0 Å². The molecule has 9 heteroatoms. The van der Waals surface area contributed by atoms with E-state index in [0.717, 1.165) is 42.0 Å². The number of H-pyrrole nitrogens is 2. The van der Waals surface area contributed by atoms with Crippen molar-refractivity contribution in [1.29, 1.82) is 0 Å². The van der Waals surface area contributed by atoms with Crippen molar-refractivity contribution >= 4 is 28.0 Å². The molecule has 2 aromatic heterocycles. The molecule has 41 heavy (non-hydrogen) atoms. The van der Waals surface area contributed by atoms with E-state index in [9.17, 15) is 15.2 Å². The summed E-state index contributed by atoms with van der Waals surface area (Å²) in [5.41, 5.74) is 6.14. The summed E-state index contributed by atoms with van der Waals surface area (Å²) in [6.07, 6.45) is 6.48. The number of aryl methyl sites for hydroxylation is 2. The van der Waals surface area contributed by atoms with Gasteiger partial charge in [-0.1, -0.05) is 36.4 Å². The van der Waals surface area contributed by atoms with Gasteiger partial charge in [0.05, 0.1) is 33.8 Å². The molecule has 0 unspecified atom stereocenters. The summed E-state index contributed by atoms with van der Waals surface area (Å²) in [7, 11) is 0. The number of likely N-dealkylation sites (tertiary alicyclic amines) is 1. The van der Waals surface area contributed by atoms with Gasteiger partial charge in [0.15, 0.2) is 5.88 Å². The quantitative estimate of drug-likeness (QED) is 0.108. The predicted molar refractivity (Wildman–Crippen MR) is 161 cm³/mol. The number of nitro groups is 1. The molecular formula is C32H32N6O3. The van der Waals surface area contributed by atoms with Gasteiger partial charge in [-0.25, -0.2) is 9.98 Å². The van der Waals surface area contributed by atoms with Crippen LogP contribution in [0.4, 0.5) is 11.4 Å². The van der Waals surface area contributed by atoms with Crippen LogP contribution in [0.25, 0.3) is 22.2 Å². The fourth-order valence-corrected chi connectivity index (χ4v) is 5.54. The van der Waals surface area contributed by atoms with E-state index in [1.165, 1.54) is 43.6 Å². The highest BCUT2D eigenvalue weighted by molar-refractivity contribution is 6.22. The van der Waals surface area contributed by atoms with Gasteiger partial charge in [-0.3, -0.25) is 10.1 Å². The number of rotatable bonds is 9. The number of hydrogen-bond donors (Lipinski definition) is 3. The second-order valence-electron chi connectivity index (χ2n) is 10.6. The summed E-state index contributed by atoms with van der Waals surface area (Å²) < 4.78 is 0. The van der Waals surface area contributed by atoms with Crippen molar-refractivity contribution in [2.75, 3.05) is 19.6 Å². The summed E-state index contributed by atoms with van der Waals surface area (Å²) in [5.74, 6) is 0.756. The number of aromatic hydroxyl groups is 1. The molecule has 3 aromatic carbocycles. The highest BCUT2D eigenvalue weighted by Crippen LogP contribution is 2.34. The second-order valence-corrected chi connectivity index (χ2v) is 10.6. The van der Waals surface area contributed by atoms with Crippen molar-refractivity contribution in [2.45, 2.75) is 32.6 Å². The summed E-state index contributed by atoms with van der Waals surface area (Å²) in [4.78, 5) is 29.1. The number of nitrogens with one attached hydrogen (secondary N) is 2. The molecule has 0 atom stereocenters. The molecule has 0 spiro atoms. The zero-order valence-corrected chi connectivity index (χ0v) is 22.9. The molecule has 1 fully saturated rings. The SMILES string of the molecule is Cc1ncc(-c2ccc(N=C(c3ccc(CCCN4CCCC4)cc3)c3c(O)[nH]c4ccc([N+](=O)[O-])cc34)cc2)[nH]1. The fraction of sp³-hybridized carbons (Fsp3) is 0.250. The Bertz CT molecular complexity index is 1710. The van der Waals surface area contributed by atoms with Crippen LogP contribution in [0.2, 0.25) is 0 Å². The molecule has 0 saturated carbocycles. The fourth-order valence-electron chi connectivity index (χ4n) is 5.54. The van der Waals surface area contributed by atoms with Gasteiger partial charge in [-0.2, -0.15) is 0 Å². The molecule has 1 aliphatic rings. The molecule has 0 bridgehead atoms. The van der Waals surface area contributed by atoms with Gasteiger partial charge in [-0.05, 0) is 81.6 Å². The number of nitrogens with zero attached hydrogens (tertiary/aromatic N) is 4. The third-order valence-corrected chi connectivity index (χ3v) is 7.70. The first-order chi connectivity index (χ1) is 19.9. The third kappa shape index (κ3) is 5.76. The standard InChI is InChI=1S/C32H32N6O3/c1-21-33-20-29(34-21)23-10-12-25(13-11-23)35-31(30-27-19-26(38(40)41)14-15-28(27)36-32(30)39)24-8-6-22(7-9-24)5-4-18-37-16-2-3-17-37/h6-15,19-20,36,39H,2-5,16-18H2,1H3,(H,33,34). The van der Waals surface area contributed by atoms with Crippen LogP contribution in [0.3, 0.4) is 0 Å². The molecule has 3 N–H and O–H groups in total. The minimum absolute atomic E-state index is 0.0512. The highest BCUT2D eigenvalue weighted by Gasteiger charge is 2.21. The second kappa shape index (κ2) is 11.4. The lowest BCUT2D eigenvalue weighted by molar-refractivity contribution is -0.384. The van der Waals surface area contributed by atoms with E-state index in [-0.39, 0.29) is 11.6 Å². The molecular weight excluding hydrogens is 516 g/mol. The lowest BCUT2D eigenvalue weighted by Gasteiger charge is -2.14. The Morgan fingerprint density at radius 1 is 1.05 bits per heavy atom. The summed E-state index contributed by atoms with van der Waals surface area (Å²) in [6, 6.07) is 20.5. The molecule has 5 aromatic rings. The molecule has 6 rings (SSSR count). The predicted octanol–water partition coefficient (Wildman–Crippen LogP) is 6.68. The topological polar surface area (TPSA) is 123 Å². The molecule has 208 valence electrons. The molecule has 1 aliphatic heterocycles. The first-order valence-electron chi connectivity index (χ1n) is 14.0.